The zero-order chi connectivity index (χ0) is 13.8. The van der Waals surface area contributed by atoms with Crippen LogP contribution in [0.1, 0.15) is 12.1 Å². The van der Waals surface area contributed by atoms with Crippen LogP contribution in [0, 0.1) is 6.92 Å². The van der Waals surface area contributed by atoms with E-state index in [1.54, 1.807) is 19.1 Å². The number of aryl methyl sites for hydroxylation is 1. The van der Waals surface area contributed by atoms with E-state index in [4.69, 9.17) is 5.73 Å². The molecule has 0 aliphatic carbocycles. The molecule has 18 heavy (non-hydrogen) atoms. The third-order valence-corrected chi connectivity index (χ3v) is 4.65. The van der Waals surface area contributed by atoms with Crippen molar-refractivity contribution in [2.45, 2.75) is 13.3 Å². The molecule has 1 heterocycles. The monoisotopic (exact) mass is 336 g/mol. The van der Waals surface area contributed by atoms with Crippen molar-refractivity contribution in [2.24, 2.45) is 5.73 Å². The number of nitrogens with one attached hydrogen (secondary N) is 1. The van der Waals surface area contributed by atoms with Crippen LogP contribution < -0.4 is 10.5 Å². The molecule has 6 nitrogen and oxygen atoms in total. The second-order valence-electron chi connectivity index (χ2n) is 3.83. The highest BCUT2D eigenvalue weighted by Gasteiger charge is 2.17. The van der Waals surface area contributed by atoms with Crippen LogP contribution in [0.15, 0.2) is 16.6 Å². The standard InChI is InChI=1S/C10H17BrN4O2S/c1-8-9(11)4-5-10(13-8)14-18(16,17)15(2)7-3-6-12/h4-5H,3,6-7,12H2,1-2H3,(H,13,14). The van der Waals surface area contributed by atoms with Crippen molar-refractivity contribution in [1.29, 1.82) is 0 Å². The fraction of sp³-hybridized carbons (Fsp3) is 0.500. The van der Waals surface area contributed by atoms with Crippen LogP contribution in [0.4, 0.5) is 5.82 Å². The van der Waals surface area contributed by atoms with Crippen LogP contribution in [-0.2, 0) is 10.2 Å². The van der Waals surface area contributed by atoms with Gasteiger partial charge in [0.25, 0.3) is 0 Å². The minimum atomic E-state index is -3.57. The lowest BCUT2D eigenvalue weighted by molar-refractivity contribution is 0.468. The molecule has 0 radical (unpaired) electrons. The van der Waals surface area contributed by atoms with Crippen molar-refractivity contribution in [3.8, 4) is 0 Å². The molecule has 0 bridgehead atoms. The van der Waals surface area contributed by atoms with Gasteiger partial charge in [-0.25, -0.2) is 4.98 Å². The maximum absolute atomic E-state index is 11.9. The maximum atomic E-state index is 11.9. The van der Waals surface area contributed by atoms with Crippen molar-refractivity contribution in [1.82, 2.24) is 9.29 Å². The predicted molar refractivity (Wildman–Crippen MR) is 75.5 cm³/mol. The highest BCUT2D eigenvalue weighted by atomic mass is 79.9. The van der Waals surface area contributed by atoms with Crippen LogP contribution in [-0.4, -0.2) is 37.8 Å². The van der Waals surface area contributed by atoms with Gasteiger partial charge in [0.1, 0.15) is 5.82 Å². The predicted octanol–water partition coefficient (Wildman–Crippen LogP) is 1.09. The summed E-state index contributed by atoms with van der Waals surface area (Å²) in [6, 6.07) is 3.35. The molecule has 0 atom stereocenters. The molecule has 1 rings (SSSR count). The summed E-state index contributed by atoms with van der Waals surface area (Å²) in [4.78, 5) is 4.13. The number of hydrogen-bond donors (Lipinski definition) is 2. The molecule has 3 N–H and O–H groups in total. The van der Waals surface area contributed by atoms with Gasteiger partial charge >= 0.3 is 10.2 Å². The normalized spacial score (nSPS) is 11.8. The summed E-state index contributed by atoms with van der Waals surface area (Å²) in [5.41, 5.74) is 6.07. The zero-order valence-corrected chi connectivity index (χ0v) is 12.8. The highest BCUT2D eigenvalue weighted by Crippen LogP contribution is 2.17. The quantitative estimate of drug-likeness (QED) is 0.813. The van der Waals surface area contributed by atoms with Gasteiger partial charge in [-0.05, 0) is 48.0 Å². The molecule has 0 saturated carbocycles. The summed E-state index contributed by atoms with van der Waals surface area (Å²) < 4.78 is 28.3. The summed E-state index contributed by atoms with van der Waals surface area (Å²) >= 11 is 3.31. The fourth-order valence-electron chi connectivity index (χ4n) is 1.25. The number of anilines is 1. The van der Waals surface area contributed by atoms with E-state index in [1.165, 1.54) is 11.4 Å². The van der Waals surface area contributed by atoms with E-state index < -0.39 is 10.2 Å². The first-order valence-electron chi connectivity index (χ1n) is 5.44. The lowest BCUT2D eigenvalue weighted by atomic mass is 10.4. The Morgan fingerprint density at radius 1 is 1.50 bits per heavy atom. The van der Waals surface area contributed by atoms with Gasteiger partial charge in [0.15, 0.2) is 0 Å². The van der Waals surface area contributed by atoms with E-state index in [2.05, 4.69) is 25.6 Å². The molecule has 0 unspecified atom stereocenters. The van der Waals surface area contributed by atoms with Crippen molar-refractivity contribution < 1.29 is 8.42 Å². The van der Waals surface area contributed by atoms with Crippen LogP contribution in [0.25, 0.3) is 0 Å². The van der Waals surface area contributed by atoms with Gasteiger partial charge in [-0.2, -0.15) is 12.7 Å². The molecule has 8 heteroatoms. The van der Waals surface area contributed by atoms with Crippen molar-refractivity contribution in [2.75, 3.05) is 24.9 Å². The molecular formula is C10H17BrN4O2S. The first-order valence-corrected chi connectivity index (χ1v) is 7.67. The minimum Gasteiger partial charge on any atom is -0.330 e. The number of aromatic nitrogens is 1. The molecule has 0 fully saturated rings. The second kappa shape index (κ2) is 6.46. The summed E-state index contributed by atoms with van der Waals surface area (Å²) in [6.07, 6.45) is 0.615. The summed E-state index contributed by atoms with van der Waals surface area (Å²) in [6.45, 7) is 2.62. The Hall–Kier alpha value is -0.700. The molecule has 0 aromatic carbocycles. The molecule has 0 aliphatic heterocycles. The van der Waals surface area contributed by atoms with E-state index in [0.29, 0.717) is 25.3 Å². The number of nitrogens with zero attached hydrogens (tertiary/aromatic N) is 2. The van der Waals surface area contributed by atoms with Crippen molar-refractivity contribution >= 4 is 32.0 Å². The van der Waals surface area contributed by atoms with Gasteiger partial charge in [-0.3, -0.25) is 4.72 Å². The number of rotatable bonds is 6. The Morgan fingerprint density at radius 3 is 2.72 bits per heavy atom. The first kappa shape index (κ1) is 15.4. The van der Waals surface area contributed by atoms with Crippen molar-refractivity contribution in [3.05, 3.63) is 22.3 Å². The maximum Gasteiger partial charge on any atom is 0.302 e. The van der Waals surface area contributed by atoms with Gasteiger partial charge in [-0.1, -0.05) is 0 Å². The molecule has 102 valence electrons. The van der Waals surface area contributed by atoms with E-state index >= 15 is 0 Å². The topological polar surface area (TPSA) is 88.3 Å². The van der Waals surface area contributed by atoms with Crippen molar-refractivity contribution in [3.63, 3.8) is 0 Å². The number of nitrogens with two attached hydrogens (primary N) is 1. The minimum absolute atomic E-state index is 0.301. The van der Waals surface area contributed by atoms with Gasteiger partial charge in [0.2, 0.25) is 0 Å². The Kier molecular flexibility index (Phi) is 5.51. The van der Waals surface area contributed by atoms with Crippen LogP contribution in [0.2, 0.25) is 0 Å². The number of pyridine rings is 1. The van der Waals surface area contributed by atoms with Gasteiger partial charge in [0, 0.05) is 18.1 Å². The second-order valence-corrected chi connectivity index (χ2v) is 6.47. The molecule has 0 amide bonds. The third-order valence-electron chi connectivity index (χ3n) is 2.34. The SMILES string of the molecule is Cc1nc(NS(=O)(=O)N(C)CCCN)ccc1Br. The highest BCUT2D eigenvalue weighted by molar-refractivity contribution is 9.10. The summed E-state index contributed by atoms with van der Waals surface area (Å²) in [5.74, 6) is 0.301. The largest absolute Gasteiger partial charge is 0.330 e. The van der Waals surface area contributed by atoms with Crippen LogP contribution in [0.5, 0.6) is 0 Å². The third kappa shape index (κ3) is 4.20. The average molecular weight is 337 g/mol. The lowest BCUT2D eigenvalue weighted by Gasteiger charge is -2.17. The first-order chi connectivity index (χ1) is 8.36. The molecule has 1 aromatic heterocycles. The molecule has 0 spiro atoms. The van der Waals surface area contributed by atoms with Gasteiger partial charge in [0.05, 0.1) is 5.69 Å². The Labute approximate surface area is 116 Å². The van der Waals surface area contributed by atoms with E-state index in [1.807, 2.05) is 0 Å². The van der Waals surface area contributed by atoms with E-state index in [-0.39, 0.29) is 0 Å². The average Bonchev–Trinajstić information content (AvgIpc) is 2.30. The molecular weight excluding hydrogens is 320 g/mol. The number of halogens is 1. The Morgan fingerprint density at radius 2 is 2.17 bits per heavy atom. The van der Waals surface area contributed by atoms with E-state index in [9.17, 15) is 8.42 Å². The number of hydrogen-bond acceptors (Lipinski definition) is 4. The van der Waals surface area contributed by atoms with Gasteiger partial charge < -0.3 is 5.73 Å². The fourth-order valence-corrected chi connectivity index (χ4v) is 2.37. The van der Waals surface area contributed by atoms with Crippen LogP contribution in [0.3, 0.4) is 0 Å². The summed E-state index contributed by atoms with van der Waals surface area (Å²) in [5, 5.41) is 0. The smallest absolute Gasteiger partial charge is 0.302 e. The molecule has 0 saturated heterocycles. The summed E-state index contributed by atoms with van der Waals surface area (Å²) in [7, 11) is -2.06. The van der Waals surface area contributed by atoms with Gasteiger partial charge in [-0.15, -0.1) is 0 Å². The Balaban J connectivity index is 2.78. The Bertz CT molecular complexity index is 507. The van der Waals surface area contributed by atoms with E-state index in [0.717, 1.165) is 10.2 Å². The molecule has 0 aliphatic rings. The zero-order valence-electron chi connectivity index (χ0n) is 10.4. The molecule has 1 aromatic rings. The van der Waals surface area contributed by atoms with Crippen LogP contribution >= 0.6 is 15.9 Å². The lowest BCUT2D eigenvalue weighted by Crippen LogP contribution is -2.34.